The Labute approximate surface area is 106 Å². The minimum absolute atomic E-state index is 0.101. The van der Waals surface area contributed by atoms with E-state index in [0.717, 1.165) is 0 Å². The molecule has 0 aliphatic carbocycles. The van der Waals surface area contributed by atoms with Crippen LogP contribution in [-0.4, -0.2) is 41.6 Å². The van der Waals surface area contributed by atoms with Crippen molar-refractivity contribution < 1.29 is 9.90 Å². The van der Waals surface area contributed by atoms with Gasteiger partial charge in [0, 0.05) is 30.8 Å². The van der Waals surface area contributed by atoms with Crippen LogP contribution in [-0.2, 0) is 0 Å². The van der Waals surface area contributed by atoms with Gasteiger partial charge in [-0.1, -0.05) is 6.07 Å². The van der Waals surface area contributed by atoms with Crippen molar-refractivity contribution in [3.05, 3.63) is 29.3 Å². The summed E-state index contributed by atoms with van der Waals surface area (Å²) in [5, 5.41) is 21.8. The molecule has 1 atom stereocenters. The second kappa shape index (κ2) is 5.07. The van der Waals surface area contributed by atoms with Crippen molar-refractivity contribution in [3.8, 4) is 11.8 Å². The molecular weight excluding hydrogens is 230 g/mol. The van der Waals surface area contributed by atoms with Gasteiger partial charge in [0.1, 0.15) is 11.8 Å². The molecule has 2 rings (SSSR count). The Morgan fingerprint density at radius 3 is 3.11 bits per heavy atom. The van der Waals surface area contributed by atoms with E-state index < -0.39 is 6.04 Å². The van der Waals surface area contributed by atoms with Gasteiger partial charge in [0.15, 0.2) is 0 Å². The highest BCUT2D eigenvalue weighted by Gasteiger charge is 2.28. The minimum atomic E-state index is -0.451. The van der Waals surface area contributed by atoms with Crippen LogP contribution in [0.1, 0.15) is 15.9 Å². The van der Waals surface area contributed by atoms with Gasteiger partial charge in [-0.15, -0.1) is 0 Å². The molecule has 1 aliphatic heterocycles. The van der Waals surface area contributed by atoms with Crippen molar-refractivity contribution in [3.63, 3.8) is 0 Å². The van der Waals surface area contributed by atoms with Gasteiger partial charge in [0.2, 0.25) is 0 Å². The van der Waals surface area contributed by atoms with Gasteiger partial charge >= 0.3 is 0 Å². The van der Waals surface area contributed by atoms with Gasteiger partial charge in [-0.2, -0.15) is 5.26 Å². The highest BCUT2D eigenvalue weighted by Crippen LogP contribution is 2.21. The minimum Gasteiger partial charge on any atom is -0.508 e. The predicted octanol–water partition coefficient (Wildman–Crippen LogP) is 0.638. The first-order valence-electron chi connectivity index (χ1n) is 5.85. The first-order chi connectivity index (χ1) is 8.65. The number of nitrogens with one attached hydrogen (secondary N) is 1. The van der Waals surface area contributed by atoms with E-state index in [4.69, 9.17) is 5.26 Å². The van der Waals surface area contributed by atoms with E-state index in [0.29, 0.717) is 30.8 Å². The summed E-state index contributed by atoms with van der Waals surface area (Å²) in [6.45, 7) is 3.38. The molecule has 1 aliphatic rings. The molecule has 5 heteroatoms. The number of nitrogens with zero attached hydrogens (tertiary/aromatic N) is 2. The Hall–Kier alpha value is -2.06. The van der Waals surface area contributed by atoms with Crippen LogP contribution in [0.3, 0.4) is 0 Å². The molecule has 1 heterocycles. The average Bonchev–Trinajstić information content (AvgIpc) is 2.41. The van der Waals surface area contributed by atoms with Gasteiger partial charge in [-0.05, 0) is 19.1 Å². The van der Waals surface area contributed by atoms with Crippen molar-refractivity contribution in [1.82, 2.24) is 10.2 Å². The smallest absolute Gasteiger partial charge is 0.255 e. The van der Waals surface area contributed by atoms with Crippen LogP contribution in [0, 0.1) is 18.3 Å². The number of phenolic OH excluding ortho intramolecular Hbond substituents is 1. The Morgan fingerprint density at radius 1 is 1.61 bits per heavy atom. The number of carbonyl (C=O) groups is 1. The Kier molecular flexibility index (Phi) is 3.49. The summed E-state index contributed by atoms with van der Waals surface area (Å²) >= 11 is 0. The normalized spacial score (nSPS) is 19.3. The number of nitriles is 1. The third-order valence-corrected chi connectivity index (χ3v) is 3.19. The number of aromatic hydroxyl groups is 1. The number of hydrogen-bond acceptors (Lipinski definition) is 4. The Bertz CT molecular complexity index is 507. The second-order valence-corrected chi connectivity index (χ2v) is 4.30. The second-order valence-electron chi connectivity index (χ2n) is 4.30. The molecule has 1 saturated heterocycles. The van der Waals surface area contributed by atoms with E-state index in [2.05, 4.69) is 11.4 Å². The molecule has 18 heavy (non-hydrogen) atoms. The molecule has 1 unspecified atom stereocenters. The summed E-state index contributed by atoms with van der Waals surface area (Å²) in [4.78, 5) is 13.9. The van der Waals surface area contributed by atoms with Crippen molar-refractivity contribution in [2.45, 2.75) is 13.0 Å². The molecule has 1 amide bonds. The van der Waals surface area contributed by atoms with E-state index in [1.165, 1.54) is 0 Å². The molecule has 1 fully saturated rings. The van der Waals surface area contributed by atoms with E-state index in [-0.39, 0.29) is 11.7 Å². The number of benzene rings is 1. The molecule has 1 aromatic rings. The molecule has 5 nitrogen and oxygen atoms in total. The van der Waals surface area contributed by atoms with E-state index in [9.17, 15) is 9.90 Å². The fourth-order valence-electron chi connectivity index (χ4n) is 2.07. The first kappa shape index (κ1) is 12.4. The lowest BCUT2D eigenvalue weighted by Crippen LogP contribution is -2.53. The Balaban J connectivity index is 2.30. The molecule has 0 saturated carbocycles. The molecule has 94 valence electrons. The number of piperazine rings is 1. The molecule has 2 N–H and O–H groups in total. The Morgan fingerprint density at radius 2 is 2.39 bits per heavy atom. The van der Waals surface area contributed by atoms with Gasteiger partial charge in [-0.3, -0.25) is 4.79 Å². The van der Waals surface area contributed by atoms with Crippen molar-refractivity contribution in [2.24, 2.45) is 0 Å². The summed E-state index contributed by atoms with van der Waals surface area (Å²) in [6, 6.07) is 6.53. The summed E-state index contributed by atoms with van der Waals surface area (Å²) in [7, 11) is 0. The number of hydrogen-bond donors (Lipinski definition) is 2. The van der Waals surface area contributed by atoms with E-state index in [1.54, 1.807) is 30.0 Å². The summed E-state index contributed by atoms with van der Waals surface area (Å²) in [6.07, 6.45) is 0. The summed E-state index contributed by atoms with van der Waals surface area (Å²) in [5.41, 5.74) is 1.01. The maximum Gasteiger partial charge on any atom is 0.255 e. The zero-order chi connectivity index (χ0) is 13.1. The van der Waals surface area contributed by atoms with Crippen LogP contribution in [0.25, 0.3) is 0 Å². The van der Waals surface area contributed by atoms with Crippen molar-refractivity contribution in [1.29, 1.82) is 5.26 Å². The zero-order valence-corrected chi connectivity index (χ0v) is 10.2. The lowest BCUT2D eigenvalue weighted by molar-refractivity contribution is 0.0686. The van der Waals surface area contributed by atoms with Crippen molar-refractivity contribution in [2.75, 3.05) is 19.6 Å². The quantitative estimate of drug-likeness (QED) is 0.761. The van der Waals surface area contributed by atoms with Crippen molar-refractivity contribution >= 4 is 5.91 Å². The van der Waals surface area contributed by atoms with Crippen LogP contribution >= 0.6 is 0 Å². The number of phenols is 1. The fraction of sp³-hybridized carbons (Fsp3) is 0.385. The van der Waals surface area contributed by atoms with Gasteiger partial charge in [-0.25, -0.2) is 0 Å². The largest absolute Gasteiger partial charge is 0.508 e. The van der Waals surface area contributed by atoms with Crippen LogP contribution in [0.5, 0.6) is 5.75 Å². The molecule has 0 spiro atoms. The van der Waals surface area contributed by atoms with Gasteiger partial charge in [0.05, 0.1) is 6.07 Å². The first-order valence-corrected chi connectivity index (χ1v) is 5.85. The third kappa shape index (κ3) is 2.15. The maximum atomic E-state index is 12.4. The molecule has 0 bridgehead atoms. The average molecular weight is 245 g/mol. The van der Waals surface area contributed by atoms with Crippen LogP contribution in [0.2, 0.25) is 0 Å². The van der Waals surface area contributed by atoms with Crippen LogP contribution < -0.4 is 5.32 Å². The topological polar surface area (TPSA) is 76.4 Å². The lowest BCUT2D eigenvalue weighted by atomic mass is 10.0. The highest BCUT2D eigenvalue weighted by molar-refractivity contribution is 5.96. The summed E-state index contributed by atoms with van der Waals surface area (Å²) < 4.78 is 0. The number of amides is 1. The van der Waals surface area contributed by atoms with E-state index >= 15 is 0 Å². The molecule has 0 radical (unpaired) electrons. The zero-order valence-electron chi connectivity index (χ0n) is 10.2. The highest BCUT2D eigenvalue weighted by atomic mass is 16.3. The monoisotopic (exact) mass is 245 g/mol. The standard InChI is InChI=1S/C13H15N3O2/c1-9-11(3-2-4-12(9)17)13(18)16-6-5-15-8-10(16)7-14/h2-4,10,15,17H,5-6,8H2,1H3. The third-order valence-electron chi connectivity index (χ3n) is 3.19. The molecule has 1 aromatic carbocycles. The molecular formula is C13H15N3O2. The SMILES string of the molecule is Cc1c(O)cccc1C(=O)N1CCNCC1C#N. The molecule has 0 aromatic heterocycles. The van der Waals surface area contributed by atoms with Crippen LogP contribution in [0.4, 0.5) is 0 Å². The van der Waals surface area contributed by atoms with Crippen LogP contribution in [0.15, 0.2) is 18.2 Å². The van der Waals surface area contributed by atoms with Gasteiger partial charge < -0.3 is 15.3 Å². The predicted molar refractivity (Wildman–Crippen MR) is 66.2 cm³/mol. The van der Waals surface area contributed by atoms with Gasteiger partial charge in [0.25, 0.3) is 5.91 Å². The lowest BCUT2D eigenvalue weighted by Gasteiger charge is -2.32. The number of rotatable bonds is 1. The number of carbonyl (C=O) groups excluding carboxylic acids is 1. The fourth-order valence-corrected chi connectivity index (χ4v) is 2.07. The maximum absolute atomic E-state index is 12.4. The summed E-state index contributed by atoms with van der Waals surface area (Å²) in [5.74, 6) is -0.0963. The van der Waals surface area contributed by atoms with E-state index in [1.807, 2.05) is 0 Å².